The van der Waals surface area contributed by atoms with Crippen LogP contribution in [0.3, 0.4) is 0 Å². The Morgan fingerprint density at radius 3 is 2.67 bits per heavy atom. The molecular weight excluding hydrogens is 385 g/mol. The molecule has 1 aromatic carbocycles. The number of rotatable bonds is 3. The number of carbonyl (C=O) groups excluding carboxylic acids is 1. The molecule has 6 nitrogen and oxygen atoms in total. The molecule has 1 amide bonds. The van der Waals surface area contributed by atoms with Gasteiger partial charge in [-0.3, -0.25) is 14.9 Å². The molecule has 0 unspecified atom stereocenters. The number of aromatic nitrogens is 1. The first kappa shape index (κ1) is 15.7. The molecule has 0 aliphatic heterocycles. The first-order valence-electron chi connectivity index (χ1n) is 5.45. The smallest absolute Gasteiger partial charge is 0.270 e. The Bertz CT molecular complexity index is 740. The fraction of sp³-hybridized carbons (Fsp3) is 0. The Morgan fingerprint density at radius 2 is 2.05 bits per heavy atom. The summed E-state index contributed by atoms with van der Waals surface area (Å²) in [4.78, 5) is 26.0. The second kappa shape index (κ2) is 6.38. The van der Waals surface area contributed by atoms with Gasteiger partial charge in [0.15, 0.2) is 5.15 Å². The quantitative estimate of drug-likeness (QED) is 0.480. The fourth-order valence-corrected chi connectivity index (χ4v) is 2.24. The summed E-state index contributed by atoms with van der Waals surface area (Å²) in [6, 6.07) is 5.15. The van der Waals surface area contributed by atoms with Crippen molar-refractivity contribution < 1.29 is 9.72 Å². The Hall–Kier alpha value is -1.70. The van der Waals surface area contributed by atoms with Crippen LogP contribution in [0.4, 0.5) is 11.4 Å². The minimum Gasteiger partial charge on any atom is -0.319 e. The monoisotopic (exact) mass is 389 g/mol. The molecule has 0 aliphatic carbocycles. The molecule has 0 bridgehead atoms. The van der Waals surface area contributed by atoms with Gasteiger partial charge in [0, 0.05) is 22.8 Å². The van der Waals surface area contributed by atoms with Crippen molar-refractivity contribution in [2.24, 2.45) is 0 Å². The summed E-state index contributed by atoms with van der Waals surface area (Å²) in [5.41, 5.74) is 0.197. The summed E-state index contributed by atoms with van der Waals surface area (Å²) in [5.74, 6) is -0.545. The lowest BCUT2D eigenvalue weighted by molar-refractivity contribution is -0.384. The SMILES string of the molecule is O=C(Nc1cc(Br)cnc1Cl)c1ccc([N+](=O)[O-])cc1Cl. The highest BCUT2D eigenvalue weighted by molar-refractivity contribution is 9.10. The third-order valence-electron chi connectivity index (χ3n) is 2.46. The van der Waals surface area contributed by atoms with Crippen molar-refractivity contribution in [2.45, 2.75) is 0 Å². The number of hydrogen-bond donors (Lipinski definition) is 1. The highest BCUT2D eigenvalue weighted by atomic mass is 79.9. The summed E-state index contributed by atoms with van der Waals surface area (Å²) < 4.78 is 0.636. The number of non-ortho nitro benzene ring substituents is 1. The van der Waals surface area contributed by atoms with E-state index in [1.165, 1.54) is 18.3 Å². The van der Waals surface area contributed by atoms with Crippen molar-refractivity contribution in [1.82, 2.24) is 4.98 Å². The van der Waals surface area contributed by atoms with E-state index >= 15 is 0 Å². The maximum Gasteiger partial charge on any atom is 0.270 e. The largest absolute Gasteiger partial charge is 0.319 e. The zero-order chi connectivity index (χ0) is 15.6. The van der Waals surface area contributed by atoms with Crippen LogP contribution in [0.1, 0.15) is 10.4 Å². The molecule has 0 saturated carbocycles. The van der Waals surface area contributed by atoms with E-state index in [0.29, 0.717) is 10.2 Å². The third kappa shape index (κ3) is 3.69. The van der Waals surface area contributed by atoms with Gasteiger partial charge in [0.25, 0.3) is 11.6 Å². The van der Waals surface area contributed by atoms with E-state index in [1.807, 2.05) is 0 Å². The van der Waals surface area contributed by atoms with Crippen molar-refractivity contribution in [1.29, 1.82) is 0 Å². The highest BCUT2D eigenvalue weighted by Gasteiger charge is 2.16. The topological polar surface area (TPSA) is 85.1 Å². The summed E-state index contributed by atoms with van der Waals surface area (Å²) in [6.45, 7) is 0. The summed E-state index contributed by atoms with van der Waals surface area (Å²) >= 11 is 15.0. The molecule has 0 saturated heterocycles. The minimum absolute atomic E-state index is 0.0271. The lowest BCUT2D eigenvalue weighted by Gasteiger charge is -2.08. The number of benzene rings is 1. The molecule has 1 aromatic heterocycles. The van der Waals surface area contributed by atoms with E-state index < -0.39 is 10.8 Å². The lowest BCUT2D eigenvalue weighted by Crippen LogP contribution is -2.13. The normalized spacial score (nSPS) is 10.2. The van der Waals surface area contributed by atoms with Gasteiger partial charge in [0.05, 0.1) is 21.2 Å². The minimum atomic E-state index is -0.595. The van der Waals surface area contributed by atoms with Gasteiger partial charge in [-0.1, -0.05) is 23.2 Å². The zero-order valence-electron chi connectivity index (χ0n) is 10.1. The molecule has 1 heterocycles. The molecule has 9 heteroatoms. The molecule has 0 spiro atoms. The van der Waals surface area contributed by atoms with Gasteiger partial charge in [-0.2, -0.15) is 0 Å². The standard InChI is InChI=1S/C12H6BrCl2N3O3/c13-6-3-10(11(15)16-5-6)17-12(19)8-2-1-7(18(20)21)4-9(8)14/h1-5H,(H,17,19). The molecule has 0 aliphatic rings. The van der Waals surface area contributed by atoms with Crippen molar-refractivity contribution >= 4 is 56.4 Å². The maximum atomic E-state index is 12.1. The first-order chi connectivity index (χ1) is 9.88. The Kier molecular flexibility index (Phi) is 4.76. The van der Waals surface area contributed by atoms with Crippen molar-refractivity contribution in [3.8, 4) is 0 Å². The number of nitrogens with zero attached hydrogens (tertiary/aromatic N) is 2. The summed E-state index contributed by atoms with van der Waals surface area (Å²) in [7, 11) is 0. The van der Waals surface area contributed by atoms with Gasteiger partial charge in [-0.25, -0.2) is 4.98 Å². The van der Waals surface area contributed by atoms with Crippen molar-refractivity contribution in [3.05, 3.63) is 60.8 Å². The molecule has 0 radical (unpaired) electrons. The van der Waals surface area contributed by atoms with Crippen LogP contribution in [0.2, 0.25) is 10.2 Å². The van der Waals surface area contributed by atoms with Crippen LogP contribution in [0.15, 0.2) is 34.9 Å². The Morgan fingerprint density at radius 1 is 1.33 bits per heavy atom. The number of hydrogen-bond acceptors (Lipinski definition) is 4. The number of pyridine rings is 1. The summed E-state index contributed by atoms with van der Waals surface area (Å²) in [6.07, 6.45) is 1.48. The average molecular weight is 391 g/mol. The number of nitrogens with one attached hydrogen (secondary N) is 1. The van der Waals surface area contributed by atoms with Gasteiger partial charge in [-0.15, -0.1) is 0 Å². The van der Waals surface area contributed by atoms with Gasteiger partial charge < -0.3 is 5.32 Å². The molecule has 0 fully saturated rings. The van der Waals surface area contributed by atoms with Gasteiger partial charge in [-0.05, 0) is 28.1 Å². The molecular formula is C12H6BrCl2N3O3. The highest BCUT2D eigenvalue weighted by Crippen LogP contribution is 2.26. The predicted molar refractivity (Wildman–Crippen MR) is 83.0 cm³/mol. The third-order valence-corrected chi connectivity index (χ3v) is 3.51. The van der Waals surface area contributed by atoms with Crippen molar-refractivity contribution in [3.63, 3.8) is 0 Å². The predicted octanol–water partition coefficient (Wildman–Crippen LogP) is 4.31. The number of nitro benzene ring substituents is 1. The first-order valence-corrected chi connectivity index (χ1v) is 6.99. The van der Waals surface area contributed by atoms with Crippen molar-refractivity contribution in [2.75, 3.05) is 5.32 Å². The number of amides is 1. The van der Waals surface area contributed by atoms with Crippen LogP contribution in [0.25, 0.3) is 0 Å². The molecule has 2 aromatic rings. The second-order valence-corrected chi connectivity index (χ2v) is 5.55. The van der Waals surface area contributed by atoms with Crippen LogP contribution in [-0.4, -0.2) is 15.8 Å². The van der Waals surface area contributed by atoms with Crippen LogP contribution in [0.5, 0.6) is 0 Å². The molecule has 2 rings (SSSR count). The molecule has 108 valence electrons. The van der Waals surface area contributed by atoms with Crippen LogP contribution in [-0.2, 0) is 0 Å². The van der Waals surface area contributed by atoms with Crippen LogP contribution < -0.4 is 5.32 Å². The number of carbonyl (C=O) groups is 1. The summed E-state index contributed by atoms with van der Waals surface area (Å²) in [5, 5.41) is 13.3. The number of nitro groups is 1. The number of anilines is 1. The van der Waals surface area contributed by atoms with E-state index in [1.54, 1.807) is 6.07 Å². The van der Waals surface area contributed by atoms with E-state index in [0.717, 1.165) is 6.07 Å². The van der Waals surface area contributed by atoms with E-state index in [-0.39, 0.29) is 21.4 Å². The van der Waals surface area contributed by atoms with E-state index in [9.17, 15) is 14.9 Å². The Balaban J connectivity index is 2.28. The van der Waals surface area contributed by atoms with E-state index in [4.69, 9.17) is 23.2 Å². The molecule has 0 atom stereocenters. The zero-order valence-corrected chi connectivity index (χ0v) is 13.2. The number of halogens is 3. The van der Waals surface area contributed by atoms with Crippen LogP contribution in [0, 0.1) is 10.1 Å². The Labute approximate surface area is 137 Å². The maximum absolute atomic E-state index is 12.1. The molecule has 21 heavy (non-hydrogen) atoms. The average Bonchev–Trinajstić information content (AvgIpc) is 2.42. The fourth-order valence-electron chi connectivity index (χ4n) is 1.50. The second-order valence-electron chi connectivity index (χ2n) is 3.87. The van der Waals surface area contributed by atoms with E-state index in [2.05, 4.69) is 26.2 Å². The van der Waals surface area contributed by atoms with Gasteiger partial charge in [0.1, 0.15) is 0 Å². The lowest BCUT2D eigenvalue weighted by atomic mass is 10.2. The van der Waals surface area contributed by atoms with Crippen LogP contribution >= 0.6 is 39.1 Å². The van der Waals surface area contributed by atoms with Gasteiger partial charge in [0.2, 0.25) is 0 Å². The molecule has 1 N–H and O–H groups in total. The van der Waals surface area contributed by atoms with Gasteiger partial charge >= 0.3 is 0 Å².